The molecule has 3 rings (SSSR count). The predicted molar refractivity (Wildman–Crippen MR) is 86.6 cm³/mol. The lowest BCUT2D eigenvalue weighted by atomic mass is 10.2. The summed E-state index contributed by atoms with van der Waals surface area (Å²) in [5.41, 5.74) is 1.15. The summed E-state index contributed by atoms with van der Waals surface area (Å²) in [5, 5.41) is 0. The lowest BCUT2D eigenvalue weighted by molar-refractivity contribution is 0.122. The van der Waals surface area contributed by atoms with Gasteiger partial charge in [0.1, 0.15) is 16.5 Å². The minimum absolute atomic E-state index is 0.308. The van der Waals surface area contributed by atoms with E-state index in [9.17, 15) is 17.2 Å². The SMILES string of the molecule is O=S(=O)(Nc1cccc(N2CCOCC2)c1)c1ccc(F)cc1F. The summed E-state index contributed by atoms with van der Waals surface area (Å²) in [7, 11) is -4.14. The minimum atomic E-state index is -4.14. The van der Waals surface area contributed by atoms with Gasteiger partial charge in [-0.3, -0.25) is 4.72 Å². The Kier molecular flexibility index (Phi) is 4.68. The Hall–Kier alpha value is -2.19. The maximum atomic E-state index is 13.7. The third kappa shape index (κ3) is 3.65. The molecule has 0 spiro atoms. The van der Waals surface area contributed by atoms with Crippen molar-refractivity contribution in [2.24, 2.45) is 0 Å². The van der Waals surface area contributed by atoms with Crippen LogP contribution in [0.3, 0.4) is 0 Å². The van der Waals surface area contributed by atoms with Gasteiger partial charge in [0.25, 0.3) is 10.0 Å². The van der Waals surface area contributed by atoms with Crippen LogP contribution in [0.15, 0.2) is 47.4 Å². The fourth-order valence-electron chi connectivity index (χ4n) is 2.49. The maximum Gasteiger partial charge on any atom is 0.264 e. The number of ether oxygens (including phenoxy) is 1. The molecule has 2 aromatic rings. The van der Waals surface area contributed by atoms with Gasteiger partial charge in [-0.1, -0.05) is 6.07 Å². The third-order valence-corrected chi connectivity index (χ3v) is 5.07. The number of morpholine rings is 1. The van der Waals surface area contributed by atoms with Crippen LogP contribution < -0.4 is 9.62 Å². The van der Waals surface area contributed by atoms with E-state index in [4.69, 9.17) is 4.74 Å². The molecule has 1 aliphatic rings. The fourth-order valence-corrected chi connectivity index (χ4v) is 3.60. The molecule has 0 bridgehead atoms. The number of sulfonamides is 1. The molecule has 8 heteroatoms. The first-order valence-corrected chi connectivity index (χ1v) is 8.85. The quantitative estimate of drug-likeness (QED) is 0.917. The van der Waals surface area contributed by atoms with E-state index in [-0.39, 0.29) is 0 Å². The molecule has 0 saturated carbocycles. The smallest absolute Gasteiger partial charge is 0.264 e. The molecule has 1 fully saturated rings. The average molecular weight is 354 g/mol. The lowest BCUT2D eigenvalue weighted by Crippen LogP contribution is -2.36. The highest BCUT2D eigenvalue weighted by Gasteiger charge is 2.20. The molecule has 128 valence electrons. The fraction of sp³-hybridized carbons (Fsp3) is 0.250. The monoisotopic (exact) mass is 354 g/mol. The van der Waals surface area contributed by atoms with Gasteiger partial charge < -0.3 is 9.64 Å². The number of halogens is 2. The summed E-state index contributed by atoms with van der Waals surface area (Å²) < 4.78 is 58.9. The number of benzene rings is 2. The number of anilines is 2. The Morgan fingerprint density at radius 3 is 2.50 bits per heavy atom. The molecule has 0 unspecified atom stereocenters. The first-order chi connectivity index (χ1) is 11.5. The Labute approximate surface area is 138 Å². The Bertz CT molecular complexity index is 837. The van der Waals surface area contributed by atoms with Crippen LogP contribution in [0.5, 0.6) is 0 Å². The van der Waals surface area contributed by atoms with Gasteiger partial charge in [-0.05, 0) is 30.3 Å². The van der Waals surface area contributed by atoms with Gasteiger partial charge >= 0.3 is 0 Å². The zero-order valence-electron chi connectivity index (χ0n) is 12.7. The normalized spacial score (nSPS) is 15.3. The second-order valence-electron chi connectivity index (χ2n) is 5.33. The number of rotatable bonds is 4. The number of nitrogens with one attached hydrogen (secondary N) is 1. The Morgan fingerprint density at radius 1 is 1.04 bits per heavy atom. The highest BCUT2D eigenvalue weighted by Crippen LogP contribution is 2.24. The van der Waals surface area contributed by atoms with Gasteiger partial charge in [-0.2, -0.15) is 0 Å². The van der Waals surface area contributed by atoms with Crippen LogP contribution in [0.25, 0.3) is 0 Å². The van der Waals surface area contributed by atoms with Gasteiger partial charge in [0, 0.05) is 24.8 Å². The summed E-state index contributed by atoms with van der Waals surface area (Å²) in [6, 6.07) is 9.16. The van der Waals surface area contributed by atoms with Crippen LogP contribution in [0.1, 0.15) is 0 Å². The van der Waals surface area contributed by atoms with E-state index < -0.39 is 26.6 Å². The molecule has 0 aliphatic carbocycles. The molecule has 5 nitrogen and oxygen atoms in total. The van der Waals surface area contributed by atoms with Gasteiger partial charge in [-0.15, -0.1) is 0 Å². The molecule has 0 radical (unpaired) electrons. The number of hydrogen-bond acceptors (Lipinski definition) is 4. The highest BCUT2D eigenvalue weighted by atomic mass is 32.2. The molecule has 0 amide bonds. The van der Waals surface area contributed by atoms with E-state index in [1.165, 1.54) is 0 Å². The van der Waals surface area contributed by atoms with Crippen molar-refractivity contribution in [2.45, 2.75) is 4.90 Å². The van der Waals surface area contributed by atoms with Crippen LogP contribution in [0.2, 0.25) is 0 Å². The molecule has 1 N–H and O–H groups in total. The maximum absolute atomic E-state index is 13.7. The van der Waals surface area contributed by atoms with Crippen molar-refractivity contribution in [3.05, 3.63) is 54.1 Å². The van der Waals surface area contributed by atoms with Crippen LogP contribution >= 0.6 is 0 Å². The Balaban J connectivity index is 1.84. The molecule has 0 aromatic heterocycles. The third-order valence-electron chi connectivity index (χ3n) is 3.66. The molecule has 24 heavy (non-hydrogen) atoms. The van der Waals surface area contributed by atoms with Crippen molar-refractivity contribution in [1.29, 1.82) is 0 Å². The Morgan fingerprint density at radius 2 is 1.79 bits per heavy atom. The lowest BCUT2D eigenvalue weighted by Gasteiger charge is -2.29. The second kappa shape index (κ2) is 6.74. The molecular weight excluding hydrogens is 338 g/mol. The van der Waals surface area contributed by atoms with Gasteiger partial charge in [0.15, 0.2) is 0 Å². The van der Waals surface area contributed by atoms with Crippen molar-refractivity contribution in [3.63, 3.8) is 0 Å². The van der Waals surface area contributed by atoms with Crippen LogP contribution in [-0.4, -0.2) is 34.7 Å². The van der Waals surface area contributed by atoms with E-state index in [1.807, 2.05) is 6.07 Å². The van der Waals surface area contributed by atoms with Gasteiger partial charge in [0.2, 0.25) is 0 Å². The second-order valence-corrected chi connectivity index (χ2v) is 6.98. The molecule has 2 aromatic carbocycles. The molecular formula is C16H16F2N2O3S. The van der Waals surface area contributed by atoms with Gasteiger partial charge in [-0.25, -0.2) is 17.2 Å². The van der Waals surface area contributed by atoms with Crippen LogP contribution in [0, 0.1) is 11.6 Å². The minimum Gasteiger partial charge on any atom is -0.378 e. The average Bonchev–Trinajstić information content (AvgIpc) is 2.55. The first kappa shape index (κ1) is 16.7. The van der Waals surface area contributed by atoms with Crippen molar-refractivity contribution in [1.82, 2.24) is 0 Å². The predicted octanol–water partition coefficient (Wildman–Crippen LogP) is 2.60. The first-order valence-electron chi connectivity index (χ1n) is 7.36. The zero-order valence-corrected chi connectivity index (χ0v) is 13.5. The van der Waals surface area contributed by atoms with Crippen LogP contribution in [0.4, 0.5) is 20.2 Å². The largest absolute Gasteiger partial charge is 0.378 e. The van der Waals surface area contributed by atoms with Crippen molar-refractivity contribution in [3.8, 4) is 0 Å². The van der Waals surface area contributed by atoms with E-state index >= 15 is 0 Å². The summed E-state index contributed by atoms with van der Waals surface area (Å²) in [4.78, 5) is 1.47. The molecule has 1 saturated heterocycles. The summed E-state index contributed by atoms with van der Waals surface area (Å²) in [5.74, 6) is -1.97. The topological polar surface area (TPSA) is 58.6 Å². The van der Waals surface area contributed by atoms with E-state index in [0.29, 0.717) is 38.1 Å². The van der Waals surface area contributed by atoms with Crippen molar-refractivity contribution < 1.29 is 21.9 Å². The van der Waals surface area contributed by atoms with E-state index in [0.717, 1.165) is 17.8 Å². The number of nitrogens with zero attached hydrogens (tertiary/aromatic N) is 1. The van der Waals surface area contributed by atoms with Crippen molar-refractivity contribution >= 4 is 21.4 Å². The number of hydrogen-bond donors (Lipinski definition) is 1. The van der Waals surface area contributed by atoms with Crippen molar-refractivity contribution in [2.75, 3.05) is 35.9 Å². The molecule has 1 aliphatic heterocycles. The summed E-state index contributed by atoms with van der Waals surface area (Å²) >= 11 is 0. The summed E-state index contributed by atoms with van der Waals surface area (Å²) in [6.45, 7) is 2.64. The highest BCUT2D eigenvalue weighted by molar-refractivity contribution is 7.92. The molecule has 1 heterocycles. The summed E-state index contributed by atoms with van der Waals surface area (Å²) in [6.07, 6.45) is 0. The van der Waals surface area contributed by atoms with E-state index in [1.54, 1.807) is 18.2 Å². The van der Waals surface area contributed by atoms with Gasteiger partial charge in [0.05, 0.1) is 18.9 Å². The molecule has 0 atom stereocenters. The van der Waals surface area contributed by atoms with E-state index in [2.05, 4.69) is 9.62 Å². The van der Waals surface area contributed by atoms with Crippen LogP contribution in [-0.2, 0) is 14.8 Å². The standard InChI is InChI=1S/C16H16F2N2O3S/c17-12-4-5-16(15(18)10-12)24(21,22)19-13-2-1-3-14(11-13)20-6-8-23-9-7-20/h1-5,10-11,19H,6-9H2. The zero-order chi connectivity index (χ0) is 17.2.